The Hall–Kier alpha value is -2.56. The molecule has 120 valence electrons. The third-order valence-corrected chi connectivity index (χ3v) is 3.87. The topological polar surface area (TPSA) is 55.8 Å². The number of esters is 2. The van der Waals surface area contributed by atoms with Crippen LogP contribution in [0.4, 0.5) is 5.69 Å². The molecule has 0 bridgehead atoms. The maximum absolute atomic E-state index is 12.0. The first-order valence-electron chi connectivity index (χ1n) is 7.57. The van der Waals surface area contributed by atoms with Crippen molar-refractivity contribution in [3.05, 3.63) is 47.6 Å². The van der Waals surface area contributed by atoms with E-state index in [4.69, 9.17) is 9.47 Å². The molecule has 5 heteroatoms. The van der Waals surface area contributed by atoms with Crippen molar-refractivity contribution in [2.75, 3.05) is 18.0 Å². The minimum atomic E-state index is -1.21. The Morgan fingerprint density at radius 1 is 1.26 bits per heavy atom. The first-order valence-corrected chi connectivity index (χ1v) is 7.57. The molecular weight excluding hydrogens is 294 g/mol. The fourth-order valence-corrected chi connectivity index (χ4v) is 2.87. The van der Waals surface area contributed by atoms with Crippen LogP contribution in [0.2, 0.25) is 0 Å². The van der Waals surface area contributed by atoms with Crippen LogP contribution < -0.4 is 4.90 Å². The van der Waals surface area contributed by atoms with E-state index >= 15 is 0 Å². The van der Waals surface area contributed by atoms with Crippen molar-refractivity contribution in [2.24, 2.45) is 0 Å². The molecule has 0 radical (unpaired) electrons. The summed E-state index contributed by atoms with van der Waals surface area (Å²) in [6.45, 7) is 8.58. The Morgan fingerprint density at radius 3 is 2.61 bits per heavy atom. The molecule has 0 unspecified atom stereocenters. The summed E-state index contributed by atoms with van der Waals surface area (Å²) in [5.74, 6) is -2.52. The Balaban J connectivity index is 1.88. The van der Waals surface area contributed by atoms with Gasteiger partial charge in [-0.2, -0.15) is 0 Å². The highest BCUT2D eigenvalue weighted by Crippen LogP contribution is 2.30. The summed E-state index contributed by atoms with van der Waals surface area (Å²) in [6, 6.07) is 5.88. The van der Waals surface area contributed by atoms with E-state index in [1.807, 2.05) is 24.3 Å². The lowest BCUT2D eigenvalue weighted by Crippen LogP contribution is -2.41. The minimum Gasteiger partial charge on any atom is -0.419 e. The zero-order valence-corrected chi connectivity index (χ0v) is 13.3. The summed E-state index contributed by atoms with van der Waals surface area (Å²) in [5, 5.41) is 0. The highest BCUT2D eigenvalue weighted by atomic mass is 16.7. The van der Waals surface area contributed by atoms with Gasteiger partial charge in [0.15, 0.2) is 0 Å². The summed E-state index contributed by atoms with van der Waals surface area (Å²) in [7, 11) is 0. The Labute approximate surface area is 135 Å². The van der Waals surface area contributed by atoms with E-state index < -0.39 is 17.7 Å². The first-order chi connectivity index (χ1) is 10.9. The summed E-state index contributed by atoms with van der Waals surface area (Å²) in [4.78, 5) is 26.2. The second kappa shape index (κ2) is 5.57. The van der Waals surface area contributed by atoms with Crippen LogP contribution in [0, 0.1) is 0 Å². The summed E-state index contributed by atoms with van der Waals surface area (Å²) in [5.41, 5.74) is 3.07. The quantitative estimate of drug-likeness (QED) is 0.371. The average Bonchev–Trinajstić information content (AvgIpc) is 2.85. The van der Waals surface area contributed by atoms with Crippen molar-refractivity contribution in [3.8, 4) is 0 Å². The number of fused-ring (bicyclic) bond motifs is 1. The van der Waals surface area contributed by atoms with E-state index in [-0.39, 0.29) is 5.57 Å². The van der Waals surface area contributed by atoms with Crippen molar-refractivity contribution >= 4 is 23.7 Å². The molecule has 1 fully saturated rings. The van der Waals surface area contributed by atoms with Gasteiger partial charge in [-0.05, 0) is 35.8 Å². The van der Waals surface area contributed by atoms with Gasteiger partial charge in [-0.25, -0.2) is 9.59 Å². The van der Waals surface area contributed by atoms with Crippen molar-refractivity contribution < 1.29 is 19.1 Å². The van der Waals surface area contributed by atoms with Gasteiger partial charge in [0.25, 0.3) is 5.79 Å². The predicted molar refractivity (Wildman–Crippen MR) is 86.8 cm³/mol. The Kier molecular flexibility index (Phi) is 3.72. The van der Waals surface area contributed by atoms with Crippen molar-refractivity contribution in [1.82, 2.24) is 0 Å². The maximum atomic E-state index is 12.0. The van der Waals surface area contributed by atoms with Crippen molar-refractivity contribution in [1.29, 1.82) is 0 Å². The fraction of sp³-hybridized carbons (Fsp3) is 0.333. The van der Waals surface area contributed by atoms with E-state index in [1.54, 1.807) is 0 Å². The van der Waals surface area contributed by atoms with Gasteiger partial charge in [-0.15, -0.1) is 6.58 Å². The molecule has 5 nitrogen and oxygen atoms in total. The number of carbonyl (C=O) groups is 2. The van der Waals surface area contributed by atoms with Crippen molar-refractivity contribution in [3.63, 3.8) is 0 Å². The molecule has 0 aromatic heterocycles. The van der Waals surface area contributed by atoms with E-state index in [0.717, 1.165) is 25.1 Å². The molecule has 0 aliphatic carbocycles. The number of cyclic esters (lactones) is 2. The fourth-order valence-electron chi connectivity index (χ4n) is 2.87. The van der Waals surface area contributed by atoms with Gasteiger partial charge in [-0.1, -0.05) is 12.1 Å². The molecular formula is C18H19NO4. The lowest BCUT2D eigenvalue weighted by atomic mass is 10.1. The van der Waals surface area contributed by atoms with Gasteiger partial charge in [0.1, 0.15) is 5.57 Å². The highest BCUT2D eigenvalue weighted by molar-refractivity contribution is 6.18. The molecule has 0 N–H and O–H groups in total. The summed E-state index contributed by atoms with van der Waals surface area (Å²) >= 11 is 0. The normalized spacial score (nSPS) is 19.0. The van der Waals surface area contributed by atoms with E-state index in [1.165, 1.54) is 31.2 Å². The monoisotopic (exact) mass is 313 g/mol. The van der Waals surface area contributed by atoms with Crippen LogP contribution >= 0.6 is 0 Å². The standard InChI is InChI=1S/C18H19NO4/c1-4-8-19-9-7-13-10-12(5-6-15(13)19)11-14-16(20)22-18(2,3)23-17(14)21/h4-6,10-11H,1,7-9H2,2-3H3. The third-order valence-electron chi connectivity index (χ3n) is 3.87. The Bertz CT molecular complexity index is 696. The van der Waals surface area contributed by atoms with Crippen LogP contribution in [0.1, 0.15) is 25.0 Å². The number of hydrogen-bond donors (Lipinski definition) is 0. The highest BCUT2D eigenvalue weighted by Gasteiger charge is 2.38. The lowest BCUT2D eigenvalue weighted by Gasteiger charge is -2.29. The van der Waals surface area contributed by atoms with Gasteiger partial charge in [0, 0.05) is 32.6 Å². The van der Waals surface area contributed by atoms with E-state index in [2.05, 4.69) is 11.5 Å². The average molecular weight is 313 g/mol. The van der Waals surface area contributed by atoms with Crippen LogP contribution in [0.3, 0.4) is 0 Å². The van der Waals surface area contributed by atoms with Gasteiger partial charge in [0.05, 0.1) is 0 Å². The zero-order valence-electron chi connectivity index (χ0n) is 13.3. The largest absolute Gasteiger partial charge is 0.419 e. The molecule has 1 saturated heterocycles. The van der Waals surface area contributed by atoms with Crippen LogP contribution in [0.5, 0.6) is 0 Å². The lowest BCUT2D eigenvalue weighted by molar-refractivity contribution is -0.222. The number of hydrogen-bond acceptors (Lipinski definition) is 5. The Morgan fingerprint density at radius 2 is 1.96 bits per heavy atom. The number of anilines is 1. The number of ether oxygens (including phenoxy) is 2. The smallest absolute Gasteiger partial charge is 0.348 e. The molecule has 2 aliphatic heterocycles. The number of nitrogens with zero attached hydrogens (tertiary/aromatic N) is 1. The SMILES string of the molecule is C=CCN1CCc2cc(C=C3C(=O)OC(C)(C)OC3=O)ccc21. The summed E-state index contributed by atoms with van der Waals surface area (Å²) in [6.07, 6.45) is 4.33. The van der Waals surface area contributed by atoms with Crippen LogP contribution in [-0.2, 0) is 25.5 Å². The second-order valence-electron chi connectivity index (χ2n) is 6.11. The third kappa shape index (κ3) is 2.99. The molecule has 0 spiro atoms. The molecule has 0 amide bonds. The molecule has 2 aliphatic rings. The van der Waals surface area contributed by atoms with Crippen LogP contribution in [-0.4, -0.2) is 30.8 Å². The molecule has 23 heavy (non-hydrogen) atoms. The number of carbonyl (C=O) groups excluding carboxylic acids is 2. The molecule has 0 atom stereocenters. The van der Waals surface area contributed by atoms with Crippen LogP contribution in [0.15, 0.2) is 36.4 Å². The molecule has 3 rings (SSSR count). The predicted octanol–water partition coefficient (Wildman–Crippen LogP) is 2.45. The van der Waals surface area contributed by atoms with Gasteiger partial charge in [-0.3, -0.25) is 0 Å². The van der Waals surface area contributed by atoms with Crippen LogP contribution in [0.25, 0.3) is 6.08 Å². The van der Waals surface area contributed by atoms with Gasteiger partial charge in [0.2, 0.25) is 0 Å². The first kappa shape index (κ1) is 15.3. The molecule has 1 aromatic carbocycles. The second-order valence-corrected chi connectivity index (χ2v) is 6.11. The van der Waals surface area contributed by atoms with E-state index in [0.29, 0.717) is 0 Å². The number of rotatable bonds is 3. The van der Waals surface area contributed by atoms with Gasteiger partial charge < -0.3 is 14.4 Å². The van der Waals surface area contributed by atoms with E-state index in [9.17, 15) is 9.59 Å². The maximum Gasteiger partial charge on any atom is 0.348 e. The summed E-state index contributed by atoms with van der Waals surface area (Å²) < 4.78 is 10.2. The minimum absolute atomic E-state index is 0.0785. The van der Waals surface area contributed by atoms with Gasteiger partial charge >= 0.3 is 11.9 Å². The zero-order chi connectivity index (χ0) is 16.6. The molecule has 0 saturated carbocycles. The molecule has 2 heterocycles. The van der Waals surface area contributed by atoms with Crippen molar-refractivity contribution in [2.45, 2.75) is 26.1 Å². The number of benzene rings is 1. The molecule has 1 aromatic rings.